The van der Waals surface area contributed by atoms with E-state index in [2.05, 4.69) is 0 Å². The van der Waals surface area contributed by atoms with Crippen LogP contribution in [-0.4, -0.2) is 29.3 Å². The molecule has 1 amide bonds. The number of allylic oxidation sites excluding steroid dienone is 1. The van der Waals surface area contributed by atoms with Gasteiger partial charge in [0, 0.05) is 11.3 Å². The molecule has 0 N–H and O–H groups in total. The first-order chi connectivity index (χ1) is 9.20. The highest BCUT2D eigenvalue weighted by Gasteiger charge is 2.48. The van der Waals surface area contributed by atoms with Crippen LogP contribution in [0, 0.1) is 0 Å². The van der Waals surface area contributed by atoms with E-state index in [0.29, 0.717) is 18.5 Å². The number of ether oxygens (including phenoxy) is 1. The lowest BCUT2D eigenvalue weighted by Crippen LogP contribution is -2.48. The summed E-state index contributed by atoms with van der Waals surface area (Å²) in [5, 5.41) is 0.0836. The molecular formula is C14H13NO3S. The number of methoxy groups -OCH3 is 1. The summed E-state index contributed by atoms with van der Waals surface area (Å²) in [5.74, 6) is -0.421. The van der Waals surface area contributed by atoms with E-state index in [4.69, 9.17) is 4.74 Å². The third kappa shape index (κ3) is 2.04. The molecule has 0 aliphatic carbocycles. The Morgan fingerprint density at radius 1 is 1.42 bits per heavy atom. The second kappa shape index (κ2) is 4.74. The van der Waals surface area contributed by atoms with Gasteiger partial charge in [-0.25, -0.2) is 4.79 Å². The lowest BCUT2D eigenvalue weighted by Gasteiger charge is -2.34. The molecule has 0 saturated carbocycles. The van der Waals surface area contributed by atoms with Crippen LogP contribution in [0.5, 0.6) is 0 Å². The van der Waals surface area contributed by atoms with Crippen molar-refractivity contribution < 1.29 is 14.3 Å². The Morgan fingerprint density at radius 3 is 2.79 bits per heavy atom. The van der Waals surface area contributed by atoms with E-state index in [1.54, 1.807) is 16.7 Å². The molecule has 1 saturated heterocycles. The zero-order chi connectivity index (χ0) is 13.4. The van der Waals surface area contributed by atoms with Gasteiger partial charge in [-0.3, -0.25) is 9.69 Å². The van der Waals surface area contributed by atoms with Gasteiger partial charge in [-0.1, -0.05) is 30.3 Å². The Labute approximate surface area is 115 Å². The van der Waals surface area contributed by atoms with Gasteiger partial charge in [0.2, 0.25) is 5.91 Å². The number of hydrogen-bond donors (Lipinski definition) is 0. The predicted octanol–water partition coefficient (Wildman–Crippen LogP) is 1.92. The zero-order valence-corrected chi connectivity index (χ0v) is 11.3. The molecule has 1 aromatic rings. The lowest BCUT2D eigenvalue weighted by molar-refractivity contribution is -0.147. The van der Waals surface area contributed by atoms with Crippen LogP contribution < -0.4 is 0 Å². The summed E-state index contributed by atoms with van der Waals surface area (Å²) in [6.45, 7) is 0. The molecule has 0 unspecified atom stereocenters. The maximum absolute atomic E-state index is 11.9. The number of carbonyl (C=O) groups is 2. The molecule has 0 spiro atoms. The summed E-state index contributed by atoms with van der Waals surface area (Å²) in [6.07, 6.45) is 1.17. The Hall–Kier alpha value is -1.75. The SMILES string of the molecule is COC(=O)C1=C(Cc2ccccc2)S[C@@H]2CC(=O)N12. The van der Waals surface area contributed by atoms with Crippen LogP contribution in [0.25, 0.3) is 0 Å². The first-order valence-electron chi connectivity index (χ1n) is 6.05. The molecule has 1 aromatic carbocycles. The van der Waals surface area contributed by atoms with Gasteiger partial charge in [0.05, 0.1) is 18.9 Å². The van der Waals surface area contributed by atoms with E-state index >= 15 is 0 Å². The van der Waals surface area contributed by atoms with E-state index in [1.807, 2.05) is 30.3 Å². The highest BCUT2D eigenvalue weighted by molar-refractivity contribution is 8.04. The van der Waals surface area contributed by atoms with Gasteiger partial charge in [-0.15, -0.1) is 11.8 Å². The van der Waals surface area contributed by atoms with Crippen molar-refractivity contribution in [3.8, 4) is 0 Å². The molecule has 3 rings (SSSR count). The molecule has 5 heteroatoms. The van der Waals surface area contributed by atoms with E-state index in [1.165, 1.54) is 7.11 Å². The summed E-state index contributed by atoms with van der Waals surface area (Å²) in [4.78, 5) is 26.0. The second-order valence-electron chi connectivity index (χ2n) is 4.47. The number of fused-ring (bicyclic) bond motifs is 1. The minimum Gasteiger partial charge on any atom is -0.464 e. The molecule has 0 aromatic heterocycles. The topological polar surface area (TPSA) is 46.6 Å². The second-order valence-corrected chi connectivity index (χ2v) is 5.74. The number of benzene rings is 1. The molecular weight excluding hydrogens is 262 g/mol. The standard InChI is InChI=1S/C14H13NO3S/c1-18-14(17)13-10(7-9-5-3-2-4-6-9)19-12-8-11(16)15(12)13/h2-6,12H,7-8H2,1H3/t12-/m1/s1. The van der Waals surface area contributed by atoms with E-state index in [-0.39, 0.29) is 11.3 Å². The molecule has 2 aliphatic heterocycles. The Kier molecular flexibility index (Phi) is 3.06. The largest absolute Gasteiger partial charge is 0.464 e. The molecule has 0 radical (unpaired) electrons. The summed E-state index contributed by atoms with van der Waals surface area (Å²) in [5.41, 5.74) is 1.55. The van der Waals surface area contributed by atoms with Gasteiger partial charge in [-0.2, -0.15) is 0 Å². The van der Waals surface area contributed by atoms with Crippen LogP contribution in [0.1, 0.15) is 12.0 Å². The van der Waals surface area contributed by atoms with Gasteiger partial charge in [0.15, 0.2) is 0 Å². The number of rotatable bonds is 3. The summed E-state index contributed by atoms with van der Waals surface area (Å²) in [7, 11) is 1.34. The summed E-state index contributed by atoms with van der Waals surface area (Å²) < 4.78 is 4.80. The van der Waals surface area contributed by atoms with Crippen molar-refractivity contribution in [3.05, 3.63) is 46.5 Å². The summed E-state index contributed by atoms with van der Waals surface area (Å²) in [6, 6.07) is 9.91. The fourth-order valence-electron chi connectivity index (χ4n) is 2.32. The fourth-order valence-corrected chi connectivity index (χ4v) is 3.75. The number of amides is 1. The predicted molar refractivity (Wildman–Crippen MR) is 72.0 cm³/mol. The van der Waals surface area contributed by atoms with Gasteiger partial charge in [0.25, 0.3) is 0 Å². The average molecular weight is 275 g/mol. The Bertz CT molecular complexity index is 567. The third-order valence-corrected chi connectivity index (χ3v) is 4.55. The maximum atomic E-state index is 11.9. The number of nitrogens with zero attached hydrogens (tertiary/aromatic N) is 1. The molecule has 4 nitrogen and oxygen atoms in total. The van der Waals surface area contributed by atoms with Crippen LogP contribution >= 0.6 is 11.8 Å². The average Bonchev–Trinajstić information content (AvgIpc) is 2.71. The van der Waals surface area contributed by atoms with Crippen molar-refractivity contribution in [1.82, 2.24) is 4.90 Å². The van der Waals surface area contributed by atoms with Crippen LogP contribution in [-0.2, 0) is 20.7 Å². The Balaban J connectivity index is 1.92. The van der Waals surface area contributed by atoms with Crippen molar-refractivity contribution in [3.63, 3.8) is 0 Å². The molecule has 19 heavy (non-hydrogen) atoms. The normalized spacial score (nSPS) is 21.2. The molecule has 98 valence electrons. The molecule has 2 aliphatic rings. The van der Waals surface area contributed by atoms with E-state index in [0.717, 1.165) is 10.5 Å². The van der Waals surface area contributed by atoms with Gasteiger partial charge >= 0.3 is 5.97 Å². The number of carbonyl (C=O) groups excluding carboxylic acids is 2. The third-order valence-electron chi connectivity index (χ3n) is 3.28. The number of thioether (sulfide) groups is 1. The lowest BCUT2D eigenvalue weighted by atomic mass is 10.1. The van der Waals surface area contributed by atoms with Crippen LogP contribution in [0.3, 0.4) is 0 Å². The van der Waals surface area contributed by atoms with Crippen LogP contribution in [0.2, 0.25) is 0 Å². The minimum atomic E-state index is -0.422. The minimum absolute atomic E-state index is 0.000890. The molecule has 1 atom stereocenters. The molecule has 1 fully saturated rings. The first kappa shape index (κ1) is 12.3. The maximum Gasteiger partial charge on any atom is 0.355 e. The fraction of sp³-hybridized carbons (Fsp3) is 0.286. The first-order valence-corrected chi connectivity index (χ1v) is 6.93. The van der Waals surface area contributed by atoms with Crippen molar-refractivity contribution >= 4 is 23.6 Å². The Morgan fingerprint density at radius 2 is 2.16 bits per heavy atom. The number of hydrogen-bond acceptors (Lipinski definition) is 4. The zero-order valence-electron chi connectivity index (χ0n) is 10.5. The van der Waals surface area contributed by atoms with Crippen molar-refractivity contribution in [1.29, 1.82) is 0 Å². The quantitative estimate of drug-likeness (QED) is 0.624. The van der Waals surface area contributed by atoms with E-state index in [9.17, 15) is 9.59 Å². The van der Waals surface area contributed by atoms with Crippen LogP contribution in [0.15, 0.2) is 40.9 Å². The summed E-state index contributed by atoms with van der Waals surface area (Å²) >= 11 is 1.59. The van der Waals surface area contributed by atoms with Crippen molar-refractivity contribution in [2.75, 3.05) is 7.11 Å². The molecule has 0 bridgehead atoms. The van der Waals surface area contributed by atoms with Gasteiger partial charge in [0.1, 0.15) is 5.70 Å². The number of β-lactam (4-membered cyclic amide) rings is 1. The highest BCUT2D eigenvalue weighted by atomic mass is 32.2. The van der Waals surface area contributed by atoms with Gasteiger partial charge < -0.3 is 4.74 Å². The monoisotopic (exact) mass is 275 g/mol. The smallest absolute Gasteiger partial charge is 0.355 e. The van der Waals surface area contributed by atoms with Crippen molar-refractivity contribution in [2.24, 2.45) is 0 Å². The molecule has 2 heterocycles. The van der Waals surface area contributed by atoms with Crippen molar-refractivity contribution in [2.45, 2.75) is 18.2 Å². The van der Waals surface area contributed by atoms with E-state index < -0.39 is 5.97 Å². The van der Waals surface area contributed by atoms with Crippen LogP contribution in [0.4, 0.5) is 0 Å². The van der Waals surface area contributed by atoms with Gasteiger partial charge in [-0.05, 0) is 5.56 Å². The number of esters is 1. The highest BCUT2D eigenvalue weighted by Crippen LogP contribution is 2.47.